The maximum atomic E-state index is 13.2. The summed E-state index contributed by atoms with van der Waals surface area (Å²) < 4.78 is 17.5. The molecule has 2 heterocycles. The molecule has 2 fully saturated rings. The van der Waals surface area contributed by atoms with Crippen molar-refractivity contribution < 1.29 is 23.8 Å². The third-order valence-electron chi connectivity index (χ3n) is 6.16. The van der Waals surface area contributed by atoms with E-state index in [-0.39, 0.29) is 18.4 Å². The number of hydrogen-bond acceptors (Lipinski definition) is 7. The van der Waals surface area contributed by atoms with Gasteiger partial charge in [-0.1, -0.05) is 48.2 Å². The molecule has 0 spiro atoms. The van der Waals surface area contributed by atoms with Crippen LogP contribution in [0.3, 0.4) is 0 Å². The minimum absolute atomic E-state index is 0.0306. The lowest BCUT2D eigenvalue weighted by molar-refractivity contribution is -0.132. The molecule has 0 N–H and O–H groups in total. The second kappa shape index (κ2) is 11.7. The van der Waals surface area contributed by atoms with Crippen LogP contribution in [0.15, 0.2) is 77.7 Å². The van der Waals surface area contributed by atoms with Gasteiger partial charge in [0.2, 0.25) is 0 Å². The number of carbonyl (C=O) groups excluding carboxylic acids is 2. The fourth-order valence-corrected chi connectivity index (χ4v) is 5.52. The molecule has 2 amide bonds. The molecule has 2 aliphatic rings. The van der Waals surface area contributed by atoms with Gasteiger partial charge >= 0.3 is 0 Å². The van der Waals surface area contributed by atoms with Crippen molar-refractivity contribution in [2.24, 2.45) is 0 Å². The Bertz CT molecular complexity index is 1370. The normalized spacial score (nSPS) is 16.3. The van der Waals surface area contributed by atoms with Crippen LogP contribution < -0.4 is 19.1 Å². The first-order valence-electron chi connectivity index (χ1n) is 12.2. The molecule has 0 atom stereocenters. The third kappa shape index (κ3) is 5.84. The topological polar surface area (TPSA) is 68.3 Å². The summed E-state index contributed by atoms with van der Waals surface area (Å²) in [5.74, 6) is 2.13. The summed E-state index contributed by atoms with van der Waals surface area (Å²) in [7, 11) is 1.54. The van der Waals surface area contributed by atoms with Gasteiger partial charge in [0.25, 0.3) is 11.8 Å². The van der Waals surface area contributed by atoms with Crippen LogP contribution in [-0.2, 0) is 9.59 Å². The summed E-state index contributed by atoms with van der Waals surface area (Å²) in [5.41, 5.74) is 1.42. The molecule has 0 aromatic heterocycles. The summed E-state index contributed by atoms with van der Waals surface area (Å²) in [6.07, 6.45) is 3.84. The van der Waals surface area contributed by atoms with E-state index in [0.717, 1.165) is 37.2 Å². The predicted molar refractivity (Wildman–Crippen MR) is 153 cm³/mol. The first kappa shape index (κ1) is 25.8. The van der Waals surface area contributed by atoms with Gasteiger partial charge in [-0.2, -0.15) is 0 Å². The number of amides is 2. The molecule has 0 radical (unpaired) electrons. The zero-order valence-electron chi connectivity index (χ0n) is 20.8. The molecule has 2 saturated heterocycles. The van der Waals surface area contributed by atoms with Gasteiger partial charge in [-0.25, -0.2) is 0 Å². The van der Waals surface area contributed by atoms with E-state index in [0.29, 0.717) is 32.2 Å². The summed E-state index contributed by atoms with van der Waals surface area (Å²) in [5, 5.41) is 0. The monoisotopic (exact) mass is 546 g/mol. The third-order valence-corrected chi connectivity index (χ3v) is 7.47. The van der Waals surface area contributed by atoms with Crippen LogP contribution in [0.5, 0.6) is 23.0 Å². The Kier molecular flexibility index (Phi) is 7.95. The van der Waals surface area contributed by atoms with E-state index in [9.17, 15) is 9.59 Å². The van der Waals surface area contributed by atoms with Crippen molar-refractivity contribution in [1.29, 1.82) is 0 Å². The smallest absolute Gasteiger partial charge is 0.270 e. The van der Waals surface area contributed by atoms with Crippen molar-refractivity contribution >= 4 is 51.9 Å². The number of likely N-dealkylation sites (tertiary alicyclic amines) is 1. The number of rotatable bonds is 8. The Morgan fingerprint density at radius 1 is 0.974 bits per heavy atom. The average molecular weight is 547 g/mol. The molecule has 9 heteroatoms. The molecule has 3 aromatic rings. The van der Waals surface area contributed by atoms with Crippen LogP contribution in [-0.4, -0.2) is 47.8 Å². The van der Waals surface area contributed by atoms with E-state index in [1.807, 2.05) is 65.6 Å². The van der Waals surface area contributed by atoms with Crippen molar-refractivity contribution in [2.75, 3.05) is 31.7 Å². The minimum atomic E-state index is -0.202. The Hall–Kier alpha value is -3.82. The number of methoxy groups -OCH3 is 1. The number of hydrogen-bond donors (Lipinski definition) is 0. The highest BCUT2D eigenvalue weighted by atomic mass is 32.2. The number of benzene rings is 3. The highest BCUT2D eigenvalue weighted by Crippen LogP contribution is 2.38. The van der Waals surface area contributed by atoms with Gasteiger partial charge in [-0.05, 0) is 73.0 Å². The highest BCUT2D eigenvalue weighted by Gasteiger charge is 2.33. The number of nitrogens with zero attached hydrogens (tertiary/aromatic N) is 2. The van der Waals surface area contributed by atoms with Crippen molar-refractivity contribution in [2.45, 2.75) is 12.8 Å². The molecular weight excluding hydrogens is 520 g/mol. The van der Waals surface area contributed by atoms with Gasteiger partial charge < -0.3 is 19.1 Å². The molecule has 0 saturated carbocycles. The quantitative estimate of drug-likeness (QED) is 0.258. The SMILES string of the molecule is COc1cc(/C=C2\SC(=S)N(c3ccc(Oc4ccccc4)cc3)C2=O)ccc1OCC(=O)N1CCCC1. The van der Waals surface area contributed by atoms with Crippen LogP contribution in [0.4, 0.5) is 5.69 Å². The first-order valence-corrected chi connectivity index (χ1v) is 13.4. The molecular formula is C29H26N2O5S2. The van der Waals surface area contributed by atoms with Gasteiger partial charge in [0.1, 0.15) is 11.5 Å². The van der Waals surface area contributed by atoms with E-state index in [2.05, 4.69) is 0 Å². The summed E-state index contributed by atoms with van der Waals surface area (Å²) >= 11 is 6.76. The van der Waals surface area contributed by atoms with Gasteiger partial charge in [0.15, 0.2) is 22.4 Å². The predicted octanol–water partition coefficient (Wildman–Crippen LogP) is 5.89. The van der Waals surface area contributed by atoms with E-state index < -0.39 is 0 Å². The van der Waals surface area contributed by atoms with Crippen LogP contribution >= 0.6 is 24.0 Å². The Labute approximate surface area is 231 Å². The lowest BCUT2D eigenvalue weighted by Crippen LogP contribution is -2.32. The first-order chi connectivity index (χ1) is 18.5. The standard InChI is InChI=1S/C29H26N2O5S2/c1-34-25-17-20(9-14-24(25)35-19-27(32)30-15-5-6-16-30)18-26-28(33)31(29(37)38-26)21-10-12-23(13-11-21)36-22-7-3-2-4-8-22/h2-4,7-14,17-18H,5-6,15-16,19H2,1H3/b26-18-. The molecule has 0 unspecified atom stereocenters. The highest BCUT2D eigenvalue weighted by molar-refractivity contribution is 8.27. The fraction of sp³-hybridized carbons (Fsp3) is 0.207. The molecule has 38 heavy (non-hydrogen) atoms. The van der Waals surface area contributed by atoms with Crippen molar-refractivity contribution in [3.63, 3.8) is 0 Å². The lowest BCUT2D eigenvalue weighted by Gasteiger charge is -2.16. The Morgan fingerprint density at radius 3 is 2.39 bits per heavy atom. The Balaban J connectivity index is 1.26. The average Bonchev–Trinajstić information content (AvgIpc) is 3.57. The zero-order valence-corrected chi connectivity index (χ0v) is 22.4. The number of para-hydroxylation sites is 1. The van der Waals surface area contributed by atoms with E-state index in [1.54, 1.807) is 25.3 Å². The number of carbonyl (C=O) groups is 2. The molecule has 0 aliphatic carbocycles. The largest absolute Gasteiger partial charge is 0.493 e. The van der Waals surface area contributed by atoms with E-state index in [1.165, 1.54) is 16.7 Å². The maximum absolute atomic E-state index is 13.2. The number of anilines is 1. The van der Waals surface area contributed by atoms with E-state index >= 15 is 0 Å². The molecule has 0 bridgehead atoms. The van der Waals surface area contributed by atoms with Gasteiger partial charge in [-0.3, -0.25) is 14.5 Å². The van der Waals surface area contributed by atoms with Gasteiger partial charge in [0.05, 0.1) is 17.7 Å². The van der Waals surface area contributed by atoms with Crippen molar-refractivity contribution in [3.8, 4) is 23.0 Å². The minimum Gasteiger partial charge on any atom is -0.493 e. The molecule has 2 aliphatic heterocycles. The van der Waals surface area contributed by atoms with Gasteiger partial charge in [0, 0.05) is 13.1 Å². The van der Waals surface area contributed by atoms with Crippen LogP contribution in [0, 0.1) is 0 Å². The Morgan fingerprint density at radius 2 is 1.68 bits per heavy atom. The van der Waals surface area contributed by atoms with Gasteiger partial charge in [-0.15, -0.1) is 0 Å². The number of thioether (sulfide) groups is 1. The summed E-state index contributed by atoms with van der Waals surface area (Å²) in [6, 6.07) is 22.1. The van der Waals surface area contributed by atoms with Crippen molar-refractivity contribution in [3.05, 3.63) is 83.3 Å². The van der Waals surface area contributed by atoms with Crippen molar-refractivity contribution in [1.82, 2.24) is 4.90 Å². The molecule has 194 valence electrons. The lowest BCUT2D eigenvalue weighted by atomic mass is 10.1. The number of ether oxygens (including phenoxy) is 3. The summed E-state index contributed by atoms with van der Waals surface area (Å²) in [4.78, 5) is 29.4. The molecule has 3 aromatic carbocycles. The second-order valence-corrected chi connectivity index (χ2v) is 10.4. The molecule has 5 rings (SSSR count). The summed E-state index contributed by atoms with van der Waals surface area (Å²) in [6.45, 7) is 1.52. The molecule has 7 nitrogen and oxygen atoms in total. The maximum Gasteiger partial charge on any atom is 0.270 e. The van der Waals surface area contributed by atoms with Crippen LogP contribution in [0.2, 0.25) is 0 Å². The second-order valence-electron chi connectivity index (χ2n) is 8.71. The number of thiocarbonyl (C=S) groups is 1. The fourth-order valence-electron chi connectivity index (χ4n) is 4.22. The van der Waals surface area contributed by atoms with E-state index in [4.69, 9.17) is 26.4 Å². The van der Waals surface area contributed by atoms with Crippen LogP contribution in [0.25, 0.3) is 6.08 Å². The zero-order chi connectivity index (χ0) is 26.5. The van der Waals surface area contributed by atoms with Crippen LogP contribution in [0.1, 0.15) is 18.4 Å².